The maximum atomic E-state index is 11.9. The summed E-state index contributed by atoms with van der Waals surface area (Å²) in [6.45, 7) is 2.30. The van der Waals surface area contributed by atoms with Crippen LogP contribution in [0.25, 0.3) is 0 Å². The van der Waals surface area contributed by atoms with Crippen LogP contribution in [0.4, 0.5) is 5.69 Å². The average molecular weight is 382 g/mol. The van der Waals surface area contributed by atoms with Gasteiger partial charge in [0.2, 0.25) is 5.91 Å². The number of carbonyl (C=O) groups is 1. The zero-order valence-electron chi connectivity index (χ0n) is 14.1. The van der Waals surface area contributed by atoms with Gasteiger partial charge in [-0.15, -0.1) is 0 Å². The highest BCUT2D eigenvalue weighted by Crippen LogP contribution is 2.21. The normalized spacial score (nSPS) is 11.2. The Morgan fingerprint density at radius 1 is 1.20 bits per heavy atom. The van der Waals surface area contributed by atoms with Crippen LogP contribution in [0.5, 0.6) is 5.75 Å². The number of carbonyl (C=O) groups excluding carboxylic acids is 1. The van der Waals surface area contributed by atoms with Gasteiger partial charge in [0, 0.05) is 23.4 Å². The standard InChI is InChI=1S/C18H20ClNO4S/c1-13-11-15(8-9-17(13)19)24-10-4-7-18(21)20-14-5-3-6-16(12-14)25(2,22)23/h3,5-6,8-9,11-12H,4,7,10H2,1-2H3,(H,20,21). The first-order valence-electron chi connectivity index (χ1n) is 7.74. The second-order valence-corrected chi connectivity index (χ2v) is 8.13. The third-order valence-electron chi connectivity index (χ3n) is 3.49. The molecule has 0 unspecified atom stereocenters. The Hall–Kier alpha value is -2.05. The quantitative estimate of drug-likeness (QED) is 0.739. The van der Waals surface area contributed by atoms with Crippen LogP contribution in [0.3, 0.4) is 0 Å². The minimum atomic E-state index is -3.30. The van der Waals surface area contributed by atoms with Crippen LogP contribution in [-0.2, 0) is 14.6 Å². The summed E-state index contributed by atoms with van der Waals surface area (Å²) in [7, 11) is -3.30. The van der Waals surface area contributed by atoms with Crippen LogP contribution in [0.15, 0.2) is 47.4 Å². The van der Waals surface area contributed by atoms with Crippen molar-refractivity contribution in [1.29, 1.82) is 0 Å². The minimum Gasteiger partial charge on any atom is -0.494 e. The number of hydrogen-bond acceptors (Lipinski definition) is 4. The van der Waals surface area contributed by atoms with E-state index in [1.165, 1.54) is 12.1 Å². The molecule has 0 radical (unpaired) electrons. The van der Waals surface area contributed by atoms with E-state index in [1.807, 2.05) is 13.0 Å². The van der Waals surface area contributed by atoms with Crippen molar-refractivity contribution < 1.29 is 17.9 Å². The first-order valence-corrected chi connectivity index (χ1v) is 10.0. The van der Waals surface area contributed by atoms with Crippen molar-refractivity contribution in [3.8, 4) is 5.75 Å². The van der Waals surface area contributed by atoms with Crippen LogP contribution in [-0.4, -0.2) is 27.2 Å². The topological polar surface area (TPSA) is 72.5 Å². The summed E-state index contributed by atoms with van der Waals surface area (Å²) in [6, 6.07) is 11.6. The highest BCUT2D eigenvalue weighted by atomic mass is 35.5. The molecule has 0 saturated carbocycles. The number of amides is 1. The van der Waals surface area contributed by atoms with Gasteiger partial charge < -0.3 is 10.1 Å². The average Bonchev–Trinajstić information content (AvgIpc) is 2.54. The fourth-order valence-corrected chi connectivity index (χ4v) is 2.94. The number of benzene rings is 2. The van der Waals surface area contributed by atoms with Gasteiger partial charge in [0.15, 0.2) is 9.84 Å². The predicted octanol–water partition coefficient (Wildman–Crippen LogP) is 3.85. The molecule has 1 amide bonds. The third-order valence-corrected chi connectivity index (χ3v) is 5.03. The fraction of sp³-hybridized carbons (Fsp3) is 0.278. The summed E-state index contributed by atoms with van der Waals surface area (Å²) in [5, 5.41) is 3.38. The monoisotopic (exact) mass is 381 g/mol. The largest absolute Gasteiger partial charge is 0.494 e. The number of halogens is 1. The van der Waals surface area contributed by atoms with Crippen molar-refractivity contribution in [2.75, 3.05) is 18.2 Å². The van der Waals surface area contributed by atoms with Crippen molar-refractivity contribution in [2.45, 2.75) is 24.7 Å². The Morgan fingerprint density at radius 2 is 1.96 bits per heavy atom. The van der Waals surface area contributed by atoms with Crippen molar-refractivity contribution >= 4 is 33.0 Å². The summed E-state index contributed by atoms with van der Waals surface area (Å²) in [5.74, 6) is 0.518. The summed E-state index contributed by atoms with van der Waals surface area (Å²) < 4.78 is 28.6. The van der Waals surface area contributed by atoms with Crippen LogP contribution in [0.1, 0.15) is 18.4 Å². The third kappa shape index (κ3) is 6.07. The van der Waals surface area contributed by atoms with E-state index < -0.39 is 9.84 Å². The number of nitrogens with one attached hydrogen (secondary N) is 1. The lowest BCUT2D eigenvalue weighted by atomic mass is 10.2. The van der Waals surface area contributed by atoms with Crippen molar-refractivity contribution in [2.24, 2.45) is 0 Å². The van der Waals surface area contributed by atoms with E-state index >= 15 is 0 Å². The van der Waals surface area contributed by atoms with Gasteiger partial charge in [-0.2, -0.15) is 0 Å². The van der Waals surface area contributed by atoms with Gasteiger partial charge in [-0.3, -0.25) is 4.79 Å². The van der Waals surface area contributed by atoms with Crippen LogP contribution < -0.4 is 10.1 Å². The summed E-state index contributed by atoms with van der Waals surface area (Å²) in [4.78, 5) is 12.1. The highest BCUT2D eigenvalue weighted by Gasteiger charge is 2.09. The molecule has 0 bridgehead atoms. The molecule has 0 heterocycles. The first kappa shape index (κ1) is 19.3. The van der Waals surface area contributed by atoms with E-state index in [2.05, 4.69) is 5.32 Å². The number of sulfone groups is 1. The Morgan fingerprint density at radius 3 is 2.64 bits per heavy atom. The maximum absolute atomic E-state index is 11.9. The summed E-state index contributed by atoms with van der Waals surface area (Å²) >= 11 is 5.95. The predicted molar refractivity (Wildman–Crippen MR) is 99.1 cm³/mol. The molecular weight excluding hydrogens is 362 g/mol. The molecule has 0 aliphatic rings. The molecule has 0 saturated heterocycles. The molecule has 7 heteroatoms. The maximum Gasteiger partial charge on any atom is 0.224 e. The molecular formula is C18H20ClNO4S. The zero-order valence-corrected chi connectivity index (χ0v) is 15.7. The molecule has 1 N–H and O–H groups in total. The Labute approximate surface area is 152 Å². The van der Waals surface area contributed by atoms with Crippen LogP contribution >= 0.6 is 11.6 Å². The first-order chi connectivity index (χ1) is 11.8. The van der Waals surface area contributed by atoms with Crippen LogP contribution in [0, 0.1) is 6.92 Å². The summed E-state index contributed by atoms with van der Waals surface area (Å²) in [5.41, 5.74) is 1.39. The molecule has 0 fully saturated rings. The molecule has 2 aromatic carbocycles. The zero-order chi connectivity index (χ0) is 18.4. The van der Waals surface area contributed by atoms with E-state index in [-0.39, 0.29) is 17.2 Å². The molecule has 134 valence electrons. The Bertz CT molecular complexity index is 865. The smallest absolute Gasteiger partial charge is 0.224 e. The van der Waals surface area contributed by atoms with Gasteiger partial charge in [-0.05, 0) is 55.3 Å². The molecule has 2 aromatic rings. The molecule has 0 aliphatic heterocycles. The number of rotatable bonds is 7. The van der Waals surface area contributed by atoms with Gasteiger partial charge in [0.25, 0.3) is 0 Å². The lowest BCUT2D eigenvalue weighted by molar-refractivity contribution is -0.116. The summed E-state index contributed by atoms with van der Waals surface area (Å²) in [6.07, 6.45) is 1.94. The number of hydrogen-bond donors (Lipinski definition) is 1. The van der Waals surface area contributed by atoms with E-state index in [0.717, 1.165) is 11.8 Å². The number of ether oxygens (including phenoxy) is 1. The number of anilines is 1. The highest BCUT2D eigenvalue weighted by molar-refractivity contribution is 7.90. The second kappa shape index (κ2) is 8.36. The Balaban J connectivity index is 1.80. The molecule has 0 aromatic heterocycles. The number of aryl methyl sites for hydroxylation is 1. The fourth-order valence-electron chi connectivity index (χ4n) is 2.16. The molecule has 25 heavy (non-hydrogen) atoms. The van der Waals surface area contributed by atoms with Crippen molar-refractivity contribution in [3.63, 3.8) is 0 Å². The van der Waals surface area contributed by atoms with Gasteiger partial charge >= 0.3 is 0 Å². The molecule has 0 aliphatic carbocycles. The van der Waals surface area contributed by atoms with Gasteiger partial charge in [0.05, 0.1) is 11.5 Å². The van der Waals surface area contributed by atoms with Crippen molar-refractivity contribution in [1.82, 2.24) is 0 Å². The van der Waals surface area contributed by atoms with Gasteiger partial charge in [0.1, 0.15) is 5.75 Å². The lowest BCUT2D eigenvalue weighted by Gasteiger charge is -2.09. The molecule has 0 atom stereocenters. The van der Waals surface area contributed by atoms with Gasteiger partial charge in [-0.25, -0.2) is 8.42 Å². The van der Waals surface area contributed by atoms with E-state index in [9.17, 15) is 13.2 Å². The lowest BCUT2D eigenvalue weighted by Crippen LogP contribution is -2.13. The van der Waals surface area contributed by atoms with Crippen molar-refractivity contribution in [3.05, 3.63) is 53.1 Å². The minimum absolute atomic E-state index is 0.173. The Kier molecular flexibility index (Phi) is 6.45. The molecule has 2 rings (SSSR count). The van der Waals surface area contributed by atoms with E-state index in [1.54, 1.807) is 24.3 Å². The van der Waals surface area contributed by atoms with Gasteiger partial charge in [-0.1, -0.05) is 17.7 Å². The SMILES string of the molecule is Cc1cc(OCCCC(=O)Nc2cccc(S(C)(=O)=O)c2)ccc1Cl. The van der Waals surface area contributed by atoms with E-state index in [4.69, 9.17) is 16.3 Å². The van der Waals surface area contributed by atoms with E-state index in [0.29, 0.717) is 29.5 Å². The second-order valence-electron chi connectivity index (χ2n) is 5.71. The molecule has 0 spiro atoms. The molecule has 5 nitrogen and oxygen atoms in total. The van der Waals surface area contributed by atoms with Crippen LogP contribution in [0.2, 0.25) is 5.02 Å².